The van der Waals surface area contributed by atoms with Gasteiger partial charge in [-0.15, -0.1) is 0 Å². The van der Waals surface area contributed by atoms with Crippen molar-refractivity contribution in [1.82, 2.24) is 24.1 Å². The number of halogens is 1. The maximum Gasteiger partial charge on any atom is 0.329 e. The van der Waals surface area contributed by atoms with Gasteiger partial charge < -0.3 is 9.55 Å². The van der Waals surface area contributed by atoms with E-state index in [1.807, 2.05) is 24.3 Å². The predicted octanol–water partition coefficient (Wildman–Crippen LogP) is 1.69. The van der Waals surface area contributed by atoms with Gasteiger partial charge in [-0.3, -0.25) is 14.3 Å². The van der Waals surface area contributed by atoms with Gasteiger partial charge in [0.15, 0.2) is 11.2 Å². The van der Waals surface area contributed by atoms with Crippen molar-refractivity contribution in [3.8, 4) is 0 Å². The third-order valence-corrected chi connectivity index (χ3v) is 4.57. The van der Waals surface area contributed by atoms with E-state index in [0.717, 1.165) is 16.6 Å². The van der Waals surface area contributed by atoms with Gasteiger partial charge in [-0.05, 0) is 18.2 Å². The van der Waals surface area contributed by atoms with Crippen LogP contribution < -0.4 is 11.2 Å². The molecule has 3 aromatic heterocycles. The first-order valence-electron chi connectivity index (χ1n) is 7.36. The van der Waals surface area contributed by atoms with Gasteiger partial charge in [-0.1, -0.05) is 17.7 Å². The van der Waals surface area contributed by atoms with Crippen LogP contribution >= 0.6 is 11.6 Å². The number of nitrogens with one attached hydrogen (secondary N) is 2. The Morgan fingerprint density at radius 3 is 2.71 bits per heavy atom. The normalized spacial score (nSPS) is 11.6. The minimum absolute atomic E-state index is 0.371. The van der Waals surface area contributed by atoms with E-state index in [1.54, 1.807) is 18.7 Å². The molecule has 0 fully saturated rings. The second-order valence-corrected chi connectivity index (χ2v) is 6.16. The van der Waals surface area contributed by atoms with Gasteiger partial charge in [0, 0.05) is 42.1 Å². The molecule has 24 heavy (non-hydrogen) atoms. The maximum absolute atomic E-state index is 12.1. The number of nitrogens with zero attached hydrogens (tertiary/aromatic N) is 3. The summed E-state index contributed by atoms with van der Waals surface area (Å²) in [6.07, 6.45) is 0.490. The Kier molecular flexibility index (Phi) is 3.14. The number of fused-ring (bicyclic) bond motifs is 2. The molecule has 0 saturated carbocycles. The lowest BCUT2D eigenvalue weighted by molar-refractivity contribution is 0.828. The fraction of sp³-hybridized carbons (Fsp3) is 0.188. The first-order valence-corrected chi connectivity index (χ1v) is 7.74. The third-order valence-electron chi connectivity index (χ3n) is 4.24. The highest BCUT2D eigenvalue weighted by molar-refractivity contribution is 6.35. The van der Waals surface area contributed by atoms with Crippen LogP contribution in [0.1, 0.15) is 11.5 Å². The molecular formula is C16H14ClN5O2. The van der Waals surface area contributed by atoms with Crippen molar-refractivity contribution in [3.63, 3.8) is 0 Å². The minimum atomic E-state index is -0.477. The highest BCUT2D eigenvalue weighted by Gasteiger charge is 2.16. The molecule has 0 bridgehead atoms. The zero-order valence-corrected chi connectivity index (χ0v) is 13.8. The summed E-state index contributed by atoms with van der Waals surface area (Å²) >= 11 is 6.20. The first kappa shape index (κ1) is 14.8. The number of hydrogen-bond acceptors (Lipinski definition) is 3. The molecule has 0 aliphatic heterocycles. The lowest BCUT2D eigenvalue weighted by Crippen LogP contribution is -2.29. The third kappa shape index (κ3) is 2.09. The highest BCUT2D eigenvalue weighted by Crippen LogP contribution is 2.25. The predicted molar refractivity (Wildman–Crippen MR) is 92.7 cm³/mol. The molecule has 7 nitrogen and oxygen atoms in total. The number of aromatic nitrogens is 5. The van der Waals surface area contributed by atoms with Gasteiger partial charge in [0.2, 0.25) is 0 Å². The Balaban J connectivity index is 1.87. The summed E-state index contributed by atoms with van der Waals surface area (Å²) in [6.45, 7) is 0. The van der Waals surface area contributed by atoms with E-state index in [0.29, 0.717) is 28.4 Å². The molecule has 0 unspecified atom stereocenters. The average molecular weight is 344 g/mol. The fourth-order valence-corrected chi connectivity index (χ4v) is 3.18. The first-order chi connectivity index (χ1) is 11.5. The molecule has 4 aromatic rings. The number of H-pyrrole nitrogens is 2. The molecule has 4 rings (SSSR count). The van der Waals surface area contributed by atoms with Crippen molar-refractivity contribution >= 4 is 33.7 Å². The van der Waals surface area contributed by atoms with Crippen LogP contribution in [0.5, 0.6) is 0 Å². The number of imidazole rings is 1. The Labute approximate surface area is 140 Å². The topological polar surface area (TPSA) is 88.5 Å². The van der Waals surface area contributed by atoms with E-state index in [4.69, 9.17) is 11.6 Å². The lowest BCUT2D eigenvalue weighted by atomic mass is 10.2. The van der Waals surface area contributed by atoms with Gasteiger partial charge >= 0.3 is 5.69 Å². The number of aryl methyl sites for hydroxylation is 2. The monoisotopic (exact) mass is 343 g/mol. The summed E-state index contributed by atoms with van der Waals surface area (Å²) in [7, 11) is 3.35. The summed E-state index contributed by atoms with van der Waals surface area (Å²) in [6, 6.07) is 7.65. The van der Waals surface area contributed by atoms with Crippen LogP contribution in [0.3, 0.4) is 0 Å². The molecule has 0 atom stereocenters. The summed E-state index contributed by atoms with van der Waals surface area (Å²) < 4.78 is 3.04. The van der Waals surface area contributed by atoms with E-state index in [-0.39, 0.29) is 0 Å². The van der Waals surface area contributed by atoms with Crippen LogP contribution in [0, 0.1) is 0 Å². The quantitative estimate of drug-likeness (QED) is 0.580. The Morgan fingerprint density at radius 1 is 1.17 bits per heavy atom. The van der Waals surface area contributed by atoms with Crippen LogP contribution in [-0.4, -0.2) is 24.1 Å². The average Bonchev–Trinajstić information content (AvgIpc) is 3.08. The van der Waals surface area contributed by atoms with Gasteiger partial charge in [0.1, 0.15) is 5.82 Å². The zero-order chi connectivity index (χ0) is 17.0. The molecule has 0 spiro atoms. The molecule has 1 aromatic carbocycles. The molecule has 122 valence electrons. The van der Waals surface area contributed by atoms with Gasteiger partial charge in [-0.25, -0.2) is 9.78 Å². The molecule has 0 amide bonds. The summed E-state index contributed by atoms with van der Waals surface area (Å²) in [5, 5.41) is 1.62. The largest absolute Gasteiger partial charge is 0.358 e. The highest BCUT2D eigenvalue weighted by atomic mass is 35.5. The number of hydrogen-bond donors (Lipinski definition) is 2. The lowest BCUT2D eigenvalue weighted by Gasteiger charge is -2.00. The fourth-order valence-electron chi connectivity index (χ4n) is 2.95. The van der Waals surface area contributed by atoms with Crippen LogP contribution in [0.4, 0.5) is 0 Å². The molecule has 3 heterocycles. The van der Waals surface area contributed by atoms with Crippen molar-refractivity contribution < 1.29 is 0 Å². The number of rotatable bonds is 2. The molecule has 2 N–H and O–H groups in total. The van der Waals surface area contributed by atoms with E-state index in [1.165, 1.54) is 4.57 Å². The van der Waals surface area contributed by atoms with E-state index in [2.05, 4.69) is 15.0 Å². The van der Waals surface area contributed by atoms with Crippen molar-refractivity contribution in [2.45, 2.75) is 6.42 Å². The Hall–Kier alpha value is -2.80. The van der Waals surface area contributed by atoms with Gasteiger partial charge in [0.25, 0.3) is 5.56 Å². The molecular weight excluding hydrogens is 330 g/mol. The number of benzene rings is 1. The zero-order valence-electron chi connectivity index (χ0n) is 13.1. The van der Waals surface area contributed by atoms with Crippen molar-refractivity contribution in [1.29, 1.82) is 0 Å². The van der Waals surface area contributed by atoms with Crippen molar-refractivity contribution in [2.24, 2.45) is 14.1 Å². The molecule has 8 heteroatoms. The smallest absolute Gasteiger partial charge is 0.329 e. The SMILES string of the molecule is Cn1c(Cc2cc3c(Cl)cccc3[nH]2)nc2c1c(=O)[nH]c(=O)n2C. The molecule has 0 aliphatic carbocycles. The van der Waals surface area contributed by atoms with Crippen molar-refractivity contribution in [2.75, 3.05) is 0 Å². The van der Waals surface area contributed by atoms with Gasteiger partial charge in [0.05, 0.1) is 0 Å². The van der Waals surface area contributed by atoms with Crippen LogP contribution in [0.2, 0.25) is 5.02 Å². The second kappa shape index (κ2) is 5.10. The van der Waals surface area contributed by atoms with Crippen LogP contribution in [0.15, 0.2) is 33.9 Å². The Bertz CT molecular complexity index is 1210. The van der Waals surface area contributed by atoms with Crippen molar-refractivity contribution in [3.05, 3.63) is 61.6 Å². The minimum Gasteiger partial charge on any atom is -0.358 e. The Morgan fingerprint density at radius 2 is 1.96 bits per heavy atom. The summed E-state index contributed by atoms with van der Waals surface area (Å²) in [5.41, 5.74) is 1.71. The molecule has 0 aliphatic rings. The summed E-state index contributed by atoms with van der Waals surface area (Å²) in [4.78, 5) is 33.9. The second-order valence-electron chi connectivity index (χ2n) is 5.75. The molecule has 0 saturated heterocycles. The van der Waals surface area contributed by atoms with E-state index < -0.39 is 11.2 Å². The number of aromatic amines is 2. The summed E-state index contributed by atoms with van der Waals surface area (Å²) in [5.74, 6) is 0.680. The standard InChI is InChI=1S/C16H14ClN5O2/c1-21-12(19-14-13(21)15(23)20-16(24)22(14)2)7-8-6-9-10(17)4-3-5-11(9)18-8/h3-6,18H,7H2,1-2H3,(H,20,23,24). The maximum atomic E-state index is 12.1. The van der Waals surface area contributed by atoms with Gasteiger partial charge in [-0.2, -0.15) is 0 Å². The van der Waals surface area contributed by atoms with E-state index >= 15 is 0 Å². The van der Waals surface area contributed by atoms with Crippen LogP contribution in [-0.2, 0) is 20.5 Å². The van der Waals surface area contributed by atoms with Crippen LogP contribution in [0.25, 0.3) is 22.1 Å². The molecule has 0 radical (unpaired) electrons. The van der Waals surface area contributed by atoms with E-state index in [9.17, 15) is 9.59 Å².